The molecule has 1 aromatic heterocycles. The lowest BCUT2D eigenvalue weighted by Gasteiger charge is -2.37. The fourth-order valence-electron chi connectivity index (χ4n) is 7.60. The van der Waals surface area contributed by atoms with Crippen molar-refractivity contribution in [2.45, 2.75) is 96.4 Å². The number of aryl methyl sites for hydroxylation is 1. The Balaban J connectivity index is 1.68. The number of imidazole rings is 1. The molecule has 2 fully saturated rings. The van der Waals surface area contributed by atoms with E-state index in [9.17, 15) is 0 Å². The monoisotopic (exact) mass is 439 g/mol. The standard InChI is InChI=1S/C31H39N2/c1-22-14-10-13-21-28(22)32-23(2)29-26-19-11-12-20-27(26)31(3,25-17-8-5-9-18-25)33(29)30(32)24-15-6-4-7-16-24/h10-14,19-21,24-25H,4-9,15-18H2,1-3H3/q+1. The van der Waals surface area contributed by atoms with E-state index in [1.165, 1.54) is 92.4 Å². The molecule has 1 aliphatic heterocycles. The molecule has 33 heavy (non-hydrogen) atoms. The Hall–Kier alpha value is -2.35. The second-order valence-corrected chi connectivity index (χ2v) is 11.1. The number of benzene rings is 2. The zero-order valence-corrected chi connectivity index (χ0v) is 20.7. The Morgan fingerprint density at radius 3 is 2.15 bits per heavy atom. The van der Waals surface area contributed by atoms with Gasteiger partial charge in [-0.1, -0.05) is 81.0 Å². The number of hydrogen-bond donors (Lipinski definition) is 0. The fourth-order valence-corrected chi connectivity index (χ4v) is 7.60. The first-order valence-electron chi connectivity index (χ1n) is 13.5. The third kappa shape index (κ3) is 3.09. The molecule has 2 heteroatoms. The molecule has 1 unspecified atom stereocenters. The third-order valence-electron chi connectivity index (χ3n) is 9.28. The van der Waals surface area contributed by atoms with Crippen molar-refractivity contribution in [2.24, 2.45) is 5.92 Å². The number of hydrogen-bond acceptors (Lipinski definition) is 0. The van der Waals surface area contributed by atoms with Crippen molar-refractivity contribution in [3.05, 3.63) is 71.2 Å². The predicted molar refractivity (Wildman–Crippen MR) is 136 cm³/mol. The van der Waals surface area contributed by atoms with E-state index < -0.39 is 0 Å². The number of nitrogens with zero attached hydrogens (tertiary/aromatic N) is 2. The van der Waals surface area contributed by atoms with E-state index in [2.05, 4.69) is 78.4 Å². The van der Waals surface area contributed by atoms with Gasteiger partial charge in [0.2, 0.25) is 0 Å². The lowest BCUT2D eigenvalue weighted by molar-refractivity contribution is -0.751. The van der Waals surface area contributed by atoms with E-state index >= 15 is 0 Å². The maximum Gasteiger partial charge on any atom is 0.266 e. The van der Waals surface area contributed by atoms with Crippen LogP contribution in [0.2, 0.25) is 0 Å². The minimum absolute atomic E-state index is 0.0534. The molecule has 0 radical (unpaired) electrons. The first-order chi connectivity index (χ1) is 16.1. The maximum atomic E-state index is 2.88. The molecular weight excluding hydrogens is 400 g/mol. The number of para-hydroxylation sites is 1. The molecule has 172 valence electrons. The molecule has 0 saturated heterocycles. The highest BCUT2D eigenvalue weighted by atomic mass is 15.2. The normalized spacial score (nSPS) is 23.5. The van der Waals surface area contributed by atoms with Crippen LogP contribution in [-0.4, -0.2) is 4.57 Å². The van der Waals surface area contributed by atoms with Crippen LogP contribution < -0.4 is 4.57 Å². The number of rotatable bonds is 3. The molecule has 2 aromatic carbocycles. The van der Waals surface area contributed by atoms with Crippen molar-refractivity contribution in [2.75, 3.05) is 0 Å². The van der Waals surface area contributed by atoms with Gasteiger partial charge in [0.1, 0.15) is 11.2 Å². The van der Waals surface area contributed by atoms with Gasteiger partial charge in [-0.05, 0) is 51.2 Å². The summed E-state index contributed by atoms with van der Waals surface area (Å²) in [6.07, 6.45) is 13.7. The summed E-state index contributed by atoms with van der Waals surface area (Å²) in [6.45, 7) is 7.25. The molecule has 0 bridgehead atoms. The fraction of sp³-hybridized carbons (Fsp3) is 0.516. The van der Waals surface area contributed by atoms with Crippen LogP contribution in [0, 0.1) is 19.8 Å². The zero-order chi connectivity index (χ0) is 22.6. The van der Waals surface area contributed by atoms with Gasteiger partial charge in [0, 0.05) is 24.0 Å². The average molecular weight is 440 g/mol. The van der Waals surface area contributed by atoms with Crippen molar-refractivity contribution < 1.29 is 4.57 Å². The lowest BCUT2D eigenvalue weighted by atomic mass is 9.72. The first kappa shape index (κ1) is 21.2. The third-order valence-corrected chi connectivity index (χ3v) is 9.28. The van der Waals surface area contributed by atoms with Crippen LogP contribution in [0.1, 0.15) is 99.7 Å². The molecule has 2 aliphatic carbocycles. The Bertz CT molecular complexity index is 1170. The Morgan fingerprint density at radius 2 is 1.42 bits per heavy atom. The summed E-state index contributed by atoms with van der Waals surface area (Å²) in [6, 6.07) is 18.4. The molecule has 2 saturated carbocycles. The van der Waals surface area contributed by atoms with Gasteiger partial charge < -0.3 is 0 Å². The van der Waals surface area contributed by atoms with Gasteiger partial charge in [0.25, 0.3) is 5.82 Å². The van der Waals surface area contributed by atoms with E-state index in [-0.39, 0.29) is 5.54 Å². The van der Waals surface area contributed by atoms with Crippen LogP contribution in [0.25, 0.3) is 16.9 Å². The predicted octanol–water partition coefficient (Wildman–Crippen LogP) is 7.75. The van der Waals surface area contributed by atoms with Crippen molar-refractivity contribution in [1.29, 1.82) is 0 Å². The number of fused-ring (bicyclic) bond motifs is 3. The molecule has 3 aliphatic rings. The van der Waals surface area contributed by atoms with Gasteiger partial charge in [0.15, 0.2) is 11.4 Å². The summed E-state index contributed by atoms with van der Waals surface area (Å²) < 4.78 is 5.56. The van der Waals surface area contributed by atoms with Gasteiger partial charge in [-0.3, -0.25) is 0 Å². The van der Waals surface area contributed by atoms with E-state index in [4.69, 9.17) is 0 Å². The van der Waals surface area contributed by atoms with Crippen LogP contribution in [0.4, 0.5) is 0 Å². The van der Waals surface area contributed by atoms with Gasteiger partial charge in [-0.25, -0.2) is 4.57 Å². The van der Waals surface area contributed by atoms with Crippen LogP contribution in [0.3, 0.4) is 0 Å². The molecule has 2 nitrogen and oxygen atoms in total. The smallest absolute Gasteiger partial charge is 0.217 e. The van der Waals surface area contributed by atoms with Crippen molar-refractivity contribution in [3.8, 4) is 16.9 Å². The van der Waals surface area contributed by atoms with E-state index in [1.807, 2.05) is 0 Å². The van der Waals surface area contributed by atoms with Gasteiger partial charge in [0.05, 0.1) is 5.92 Å². The quantitative estimate of drug-likeness (QED) is 0.369. The van der Waals surface area contributed by atoms with Crippen LogP contribution in [0.5, 0.6) is 0 Å². The van der Waals surface area contributed by atoms with Gasteiger partial charge in [-0.15, -0.1) is 0 Å². The zero-order valence-electron chi connectivity index (χ0n) is 20.7. The SMILES string of the molecule is Cc1ccccc1-n1c(C)c2[n+](c1C1CCCCC1)C(C)(C1CCCCC1)c1ccccc1-2. The Labute approximate surface area is 199 Å². The summed E-state index contributed by atoms with van der Waals surface area (Å²) in [5, 5.41) is 0. The largest absolute Gasteiger partial charge is 0.266 e. The second-order valence-electron chi connectivity index (χ2n) is 11.1. The summed E-state index contributed by atoms with van der Waals surface area (Å²) in [5.41, 5.74) is 8.77. The minimum Gasteiger partial charge on any atom is -0.217 e. The van der Waals surface area contributed by atoms with Gasteiger partial charge >= 0.3 is 0 Å². The van der Waals surface area contributed by atoms with Crippen molar-refractivity contribution >= 4 is 0 Å². The molecule has 0 N–H and O–H groups in total. The summed E-state index contributed by atoms with van der Waals surface area (Å²) in [4.78, 5) is 0. The van der Waals surface area contributed by atoms with E-state index in [0.29, 0.717) is 11.8 Å². The molecule has 2 heterocycles. The van der Waals surface area contributed by atoms with Crippen molar-refractivity contribution in [3.63, 3.8) is 0 Å². The topological polar surface area (TPSA) is 8.81 Å². The molecule has 1 atom stereocenters. The van der Waals surface area contributed by atoms with E-state index in [1.54, 1.807) is 11.4 Å². The summed E-state index contributed by atoms with van der Waals surface area (Å²) in [5.74, 6) is 2.94. The molecule has 0 amide bonds. The first-order valence-corrected chi connectivity index (χ1v) is 13.5. The Kier molecular flexibility index (Phi) is 5.24. The van der Waals surface area contributed by atoms with Crippen LogP contribution in [-0.2, 0) is 5.54 Å². The molecule has 6 rings (SSSR count). The molecular formula is C31H39N2+. The Morgan fingerprint density at radius 1 is 0.788 bits per heavy atom. The molecule has 3 aromatic rings. The maximum absolute atomic E-state index is 2.88. The summed E-state index contributed by atoms with van der Waals surface area (Å²) in [7, 11) is 0. The average Bonchev–Trinajstić information content (AvgIpc) is 3.32. The highest BCUT2D eigenvalue weighted by molar-refractivity contribution is 5.69. The minimum atomic E-state index is 0.0534. The molecule has 0 spiro atoms. The summed E-state index contributed by atoms with van der Waals surface area (Å²) >= 11 is 0. The van der Waals surface area contributed by atoms with Crippen LogP contribution in [0.15, 0.2) is 48.5 Å². The second kappa shape index (κ2) is 8.15. The highest BCUT2D eigenvalue weighted by Gasteiger charge is 2.55. The van der Waals surface area contributed by atoms with E-state index in [0.717, 1.165) is 0 Å². The number of aromatic nitrogens is 2. The highest BCUT2D eigenvalue weighted by Crippen LogP contribution is 2.50. The lowest BCUT2D eigenvalue weighted by Crippen LogP contribution is -2.59. The van der Waals surface area contributed by atoms with Crippen LogP contribution >= 0.6 is 0 Å². The van der Waals surface area contributed by atoms with Gasteiger partial charge in [-0.2, -0.15) is 4.57 Å². The van der Waals surface area contributed by atoms with Crippen molar-refractivity contribution in [1.82, 2.24) is 4.57 Å².